The van der Waals surface area contributed by atoms with E-state index in [2.05, 4.69) is 21.9 Å². The molecule has 1 aliphatic carbocycles. The maximum atomic E-state index is 11.7. The van der Waals surface area contributed by atoms with E-state index in [1.807, 2.05) is 29.8 Å². The van der Waals surface area contributed by atoms with Crippen molar-refractivity contribution in [2.45, 2.75) is 59.1 Å². The minimum atomic E-state index is 0.0656. The van der Waals surface area contributed by atoms with Gasteiger partial charge in [0.05, 0.1) is 17.8 Å². The van der Waals surface area contributed by atoms with Crippen molar-refractivity contribution in [3.8, 4) is 17.1 Å². The maximum absolute atomic E-state index is 11.7. The number of pyridine rings is 1. The van der Waals surface area contributed by atoms with Crippen LogP contribution in [0.5, 0.6) is 5.88 Å². The zero-order chi connectivity index (χ0) is 20.5. The molecule has 6 nitrogen and oxygen atoms in total. The van der Waals surface area contributed by atoms with Gasteiger partial charge in [0, 0.05) is 29.4 Å². The van der Waals surface area contributed by atoms with Gasteiger partial charge in [0.15, 0.2) is 0 Å². The molecule has 152 valence electrons. The summed E-state index contributed by atoms with van der Waals surface area (Å²) in [4.78, 5) is 25.1. The van der Waals surface area contributed by atoms with Crippen LogP contribution >= 0.6 is 11.6 Å². The van der Waals surface area contributed by atoms with Crippen molar-refractivity contribution in [2.75, 3.05) is 0 Å². The Morgan fingerprint density at radius 1 is 1.28 bits per heavy atom. The van der Waals surface area contributed by atoms with E-state index in [4.69, 9.17) is 16.3 Å². The third-order valence-electron chi connectivity index (χ3n) is 5.48. The topological polar surface area (TPSA) is 69.9 Å². The van der Waals surface area contributed by atoms with Gasteiger partial charge in [-0.05, 0) is 51.5 Å². The highest BCUT2D eigenvalue weighted by Crippen LogP contribution is 2.35. The molecule has 7 heteroatoms. The van der Waals surface area contributed by atoms with Crippen molar-refractivity contribution in [1.29, 1.82) is 0 Å². The van der Waals surface area contributed by atoms with Crippen LogP contribution < -0.4 is 4.74 Å². The van der Waals surface area contributed by atoms with Crippen LogP contribution in [0.2, 0.25) is 5.15 Å². The predicted molar refractivity (Wildman–Crippen MR) is 113 cm³/mol. The van der Waals surface area contributed by atoms with Gasteiger partial charge in [-0.2, -0.15) is 4.98 Å². The van der Waals surface area contributed by atoms with Crippen LogP contribution in [0.1, 0.15) is 45.4 Å². The van der Waals surface area contributed by atoms with Gasteiger partial charge in [-0.3, -0.25) is 4.79 Å². The standard InChI is InChI=1S/C22H25ClN4O2/c1-13-4-6-16(7-5-13)29-20-10-18(25-15(3)26-20)17-12-27(11-14(2)28)19-8-9-24-22(23)21(17)19/h8-10,12-13,16H,4-7,11H2,1-3H3. The number of rotatable bonds is 5. The Labute approximate surface area is 175 Å². The van der Waals surface area contributed by atoms with Crippen LogP contribution in [-0.4, -0.2) is 31.4 Å². The summed E-state index contributed by atoms with van der Waals surface area (Å²) >= 11 is 6.43. The number of hydrogen-bond donors (Lipinski definition) is 0. The first-order chi connectivity index (χ1) is 13.9. The molecule has 0 N–H and O–H groups in total. The molecule has 3 aromatic heterocycles. The molecule has 0 saturated heterocycles. The Morgan fingerprint density at radius 2 is 2.03 bits per heavy atom. The number of carbonyl (C=O) groups is 1. The van der Waals surface area contributed by atoms with Crippen molar-refractivity contribution in [1.82, 2.24) is 19.5 Å². The number of aryl methyl sites for hydroxylation is 1. The van der Waals surface area contributed by atoms with Crippen LogP contribution in [0.15, 0.2) is 24.5 Å². The monoisotopic (exact) mass is 412 g/mol. The van der Waals surface area contributed by atoms with Crippen LogP contribution in [0.25, 0.3) is 22.2 Å². The van der Waals surface area contributed by atoms with E-state index < -0.39 is 0 Å². The zero-order valence-electron chi connectivity index (χ0n) is 17.0. The first kappa shape index (κ1) is 19.8. The molecule has 1 fully saturated rings. The molecule has 0 bridgehead atoms. The second-order valence-electron chi connectivity index (χ2n) is 8.01. The average Bonchev–Trinajstić information content (AvgIpc) is 3.02. The lowest BCUT2D eigenvalue weighted by Gasteiger charge is -2.26. The molecule has 29 heavy (non-hydrogen) atoms. The highest BCUT2D eigenvalue weighted by molar-refractivity contribution is 6.35. The summed E-state index contributed by atoms with van der Waals surface area (Å²) in [5.41, 5.74) is 2.40. The van der Waals surface area contributed by atoms with E-state index in [0.717, 1.165) is 40.9 Å². The van der Waals surface area contributed by atoms with Gasteiger partial charge in [0.2, 0.25) is 5.88 Å². The number of ether oxygens (including phenoxy) is 1. The fourth-order valence-electron chi connectivity index (χ4n) is 4.03. The highest BCUT2D eigenvalue weighted by Gasteiger charge is 2.21. The normalized spacial score (nSPS) is 19.4. The maximum Gasteiger partial charge on any atom is 0.217 e. The molecule has 0 spiro atoms. The lowest BCUT2D eigenvalue weighted by molar-refractivity contribution is -0.117. The lowest BCUT2D eigenvalue weighted by atomic mass is 9.89. The average molecular weight is 413 g/mol. The van der Waals surface area contributed by atoms with E-state index in [0.29, 0.717) is 16.9 Å². The molecule has 0 aromatic carbocycles. The van der Waals surface area contributed by atoms with Gasteiger partial charge in [-0.1, -0.05) is 18.5 Å². The van der Waals surface area contributed by atoms with Gasteiger partial charge in [0.25, 0.3) is 0 Å². The summed E-state index contributed by atoms with van der Waals surface area (Å²) < 4.78 is 8.09. The second-order valence-corrected chi connectivity index (χ2v) is 8.36. The molecule has 0 amide bonds. The van der Waals surface area contributed by atoms with E-state index >= 15 is 0 Å². The molecular weight excluding hydrogens is 388 g/mol. The Balaban J connectivity index is 1.74. The predicted octanol–water partition coefficient (Wildman–Crippen LogP) is 5.00. The second kappa shape index (κ2) is 8.11. The molecule has 3 aromatic rings. The van der Waals surface area contributed by atoms with Crippen molar-refractivity contribution in [3.05, 3.63) is 35.5 Å². The number of halogens is 1. The number of hydrogen-bond acceptors (Lipinski definition) is 5. The summed E-state index contributed by atoms with van der Waals surface area (Å²) in [6.45, 7) is 5.98. The van der Waals surface area contributed by atoms with Crippen molar-refractivity contribution < 1.29 is 9.53 Å². The Morgan fingerprint density at radius 3 is 2.76 bits per heavy atom. The molecular formula is C22H25ClN4O2. The third-order valence-corrected chi connectivity index (χ3v) is 5.77. The fraction of sp³-hybridized carbons (Fsp3) is 0.455. The van der Waals surface area contributed by atoms with Crippen LogP contribution in [0.4, 0.5) is 0 Å². The minimum Gasteiger partial charge on any atom is -0.474 e. The van der Waals surface area contributed by atoms with E-state index in [1.165, 1.54) is 12.8 Å². The Kier molecular flexibility index (Phi) is 5.54. The largest absolute Gasteiger partial charge is 0.474 e. The van der Waals surface area contributed by atoms with Gasteiger partial charge >= 0.3 is 0 Å². The SMILES string of the molecule is CC(=O)Cn1cc(-c2cc(OC3CCC(C)CC3)nc(C)n2)c2c(Cl)nccc21. The van der Waals surface area contributed by atoms with E-state index in [9.17, 15) is 4.79 Å². The van der Waals surface area contributed by atoms with E-state index in [1.54, 1.807) is 13.1 Å². The van der Waals surface area contributed by atoms with Crippen LogP contribution in [-0.2, 0) is 11.3 Å². The summed E-state index contributed by atoms with van der Waals surface area (Å²) in [7, 11) is 0. The van der Waals surface area contributed by atoms with Crippen molar-refractivity contribution >= 4 is 28.3 Å². The zero-order valence-corrected chi connectivity index (χ0v) is 17.7. The number of Topliss-reactive ketones (excluding diaryl/α,β-unsaturated/α-hetero) is 1. The molecule has 0 radical (unpaired) electrons. The van der Waals surface area contributed by atoms with Gasteiger partial charge in [-0.15, -0.1) is 0 Å². The third kappa shape index (κ3) is 4.27. The van der Waals surface area contributed by atoms with Crippen LogP contribution in [0.3, 0.4) is 0 Å². The van der Waals surface area contributed by atoms with Gasteiger partial charge < -0.3 is 9.30 Å². The molecule has 0 atom stereocenters. The molecule has 0 aliphatic heterocycles. The number of fused-ring (bicyclic) bond motifs is 1. The highest BCUT2D eigenvalue weighted by atomic mass is 35.5. The fourth-order valence-corrected chi connectivity index (χ4v) is 4.28. The van der Waals surface area contributed by atoms with Gasteiger partial charge in [0.1, 0.15) is 22.9 Å². The summed E-state index contributed by atoms with van der Waals surface area (Å²) in [5.74, 6) is 2.05. The molecule has 3 heterocycles. The Bertz CT molecular complexity index is 1050. The number of aromatic nitrogens is 4. The lowest BCUT2D eigenvalue weighted by Crippen LogP contribution is -2.23. The number of nitrogens with zero attached hydrogens (tertiary/aromatic N) is 4. The summed E-state index contributed by atoms with van der Waals surface area (Å²) in [5, 5.41) is 1.17. The quantitative estimate of drug-likeness (QED) is 0.551. The smallest absolute Gasteiger partial charge is 0.217 e. The summed E-state index contributed by atoms with van der Waals surface area (Å²) in [6.07, 6.45) is 8.21. The molecule has 1 aliphatic rings. The van der Waals surface area contributed by atoms with Crippen molar-refractivity contribution in [2.24, 2.45) is 5.92 Å². The molecule has 0 unspecified atom stereocenters. The minimum absolute atomic E-state index is 0.0656. The van der Waals surface area contributed by atoms with Gasteiger partial charge in [-0.25, -0.2) is 9.97 Å². The first-order valence-corrected chi connectivity index (χ1v) is 10.4. The molecule has 4 rings (SSSR count). The summed E-state index contributed by atoms with van der Waals surface area (Å²) in [6, 6.07) is 3.73. The van der Waals surface area contributed by atoms with E-state index in [-0.39, 0.29) is 18.4 Å². The van der Waals surface area contributed by atoms with Crippen LogP contribution in [0, 0.1) is 12.8 Å². The van der Waals surface area contributed by atoms with Crippen molar-refractivity contribution in [3.63, 3.8) is 0 Å². The molecule has 1 saturated carbocycles. The Hall–Kier alpha value is -2.47. The number of ketones is 1. The number of carbonyl (C=O) groups excluding carboxylic acids is 1. The first-order valence-electron chi connectivity index (χ1n) is 10.1.